The molecule has 0 amide bonds. The van der Waals surface area contributed by atoms with Gasteiger partial charge in [0.2, 0.25) is 0 Å². The number of nitrogen functional groups attached to an aromatic ring is 1. The van der Waals surface area contributed by atoms with Crippen molar-refractivity contribution in [1.82, 2.24) is 9.97 Å². The lowest BCUT2D eigenvalue weighted by Gasteiger charge is -2.38. The molecule has 1 aliphatic heterocycles. The number of nitrogens with two attached hydrogens (primary N) is 1. The molecule has 5 nitrogen and oxygen atoms in total. The van der Waals surface area contributed by atoms with E-state index in [0.29, 0.717) is 17.7 Å². The SMILES string of the molecule is CC1CCCN(c2cnc(C(=N)N)cn2)C1C. The van der Waals surface area contributed by atoms with E-state index in [4.69, 9.17) is 11.1 Å². The van der Waals surface area contributed by atoms with Gasteiger partial charge in [0.05, 0.1) is 12.4 Å². The maximum absolute atomic E-state index is 7.28. The van der Waals surface area contributed by atoms with E-state index >= 15 is 0 Å². The Morgan fingerprint density at radius 2 is 2.18 bits per heavy atom. The van der Waals surface area contributed by atoms with Gasteiger partial charge in [-0.15, -0.1) is 0 Å². The molecule has 2 rings (SSSR count). The summed E-state index contributed by atoms with van der Waals surface area (Å²) in [5.41, 5.74) is 5.80. The Balaban J connectivity index is 2.19. The summed E-state index contributed by atoms with van der Waals surface area (Å²) in [7, 11) is 0. The molecule has 92 valence electrons. The predicted octanol–water partition coefficient (Wildman–Crippen LogP) is 1.39. The van der Waals surface area contributed by atoms with Gasteiger partial charge < -0.3 is 10.6 Å². The van der Waals surface area contributed by atoms with Gasteiger partial charge in [0.15, 0.2) is 0 Å². The fraction of sp³-hybridized carbons (Fsp3) is 0.583. The summed E-state index contributed by atoms with van der Waals surface area (Å²) < 4.78 is 0. The molecule has 2 unspecified atom stereocenters. The molecule has 0 aliphatic carbocycles. The van der Waals surface area contributed by atoms with E-state index in [1.54, 1.807) is 12.4 Å². The second-order valence-corrected chi connectivity index (χ2v) is 4.73. The Morgan fingerprint density at radius 3 is 2.76 bits per heavy atom. The average molecular weight is 233 g/mol. The number of piperidine rings is 1. The molecule has 17 heavy (non-hydrogen) atoms. The molecule has 1 saturated heterocycles. The first-order valence-corrected chi connectivity index (χ1v) is 6.02. The van der Waals surface area contributed by atoms with E-state index in [2.05, 4.69) is 28.7 Å². The van der Waals surface area contributed by atoms with Crippen molar-refractivity contribution in [1.29, 1.82) is 5.41 Å². The van der Waals surface area contributed by atoms with Gasteiger partial charge in [-0.25, -0.2) is 9.97 Å². The molecule has 0 aromatic carbocycles. The molecular formula is C12H19N5. The van der Waals surface area contributed by atoms with E-state index in [9.17, 15) is 0 Å². The maximum atomic E-state index is 7.28. The largest absolute Gasteiger partial charge is 0.382 e. The lowest BCUT2D eigenvalue weighted by molar-refractivity contribution is 0.361. The van der Waals surface area contributed by atoms with Crippen LogP contribution in [0.2, 0.25) is 0 Å². The van der Waals surface area contributed by atoms with Crippen molar-refractivity contribution < 1.29 is 0 Å². The molecule has 1 aliphatic rings. The number of hydrogen-bond acceptors (Lipinski definition) is 4. The monoisotopic (exact) mass is 233 g/mol. The number of anilines is 1. The van der Waals surface area contributed by atoms with Crippen molar-refractivity contribution in [2.75, 3.05) is 11.4 Å². The zero-order valence-electron chi connectivity index (χ0n) is 10.3. The lowest BCUT2D eigenvalue weighted by Crippen LogP contribution is -2.43. The first kappa shape index (κ1) is 11.8. The van der Waals surface area contributed by atoms with Crippen molar-refractivity contribution >= 4 is 11.7 Å². The Labute approximate surface area is 102 Å². The summed E-state index contributed by atoms with van der Waals surface area (Å²) in [4.78, 5) is 10.8. The van der Waals surface area contributed by atoms with E-state index in [-0.39, 0.29) is 5.84 Å². The molecule has 1 fully saturated rings. The molecule has 0 bridgehead atoms. The predicted molar refractivity (Wildman–Crippen MR) is 68.3 cm³/mol. The summed E-state index contributed by atoms with van der Waals surface area (Å²) in [5.74, 6) is 1.52. The quantitative estimate of drug-likeness (QED) is 0.597. The molecule has 1 aromatic heterocycles. The maximum Gasteiger partial charge on any atom is 0.147 e. The zero-order chi connectivity index (χ0) is 12.4. The number of nitrogens with one attached hydrogen (secondary N) is 1. The molecule has 2 heterocycles. The molecule has 0 radical (unpaired) electrons. The van der Waals surface area contributed by atoms with Crippen LogP contribution in [0.4, 0.5) is 5.82 Å². The van der Waals surface area contributed by atoms with Crippen LogP contribution in [0.5, 0.6) is 0 Å². The second-order valence-electron chi connectivity index (χ2n) is 4.73. The van der Waals surface area contributed by atoms with Crippen molar-refractivity contribution in [3.05, 3.63) is 18.1 Å². The highest BCUT2D eigenvalue weighted by atomic mass is 15.2. The molecular weight excluding hydrogens is 214 g/mol. The van der Waals surface area contributed by atoms with Gasteiger partial charge in [-0.2, -0.15) is 0 Å². The summed E-state index contributed by atoms with van der Waals surface area (Å²) in [6.07, 6.45) is 5.76. The summed E-state index contributed by atoms with van der Waals surface area (Å²) in [6.45, 7) is 5.53. The Kier molecular flexibility index (Phi) is 3.26. The summed E-state index contributed by atoms with van der Waals surface area (Å²) in [5, 5.41) is 7.28. The van der Waals surface area contributed by atoms with Crippen LogP contribution in [0.25, 0.3) is 0 Å². The van der Waals surface area contributed by atoms with Crippen LogP contribution in [-0.2, 0) is 0 Å². The standard InChI is InChI=1S/C12H19N5/c1-8-4-3-5-17(9(8)2)11-7-15-10(6-16-11)12(13)14/h6-9H,3-5H2,1-2H3,(H3,13,14). The number of aromatic nitrogens is 2. The minimum Gasteiger partial charge on any atom is -0.382 e. The minimum absolute atomic E-state index is 0.0379. The Bertz CT molecular complexity index is 400. The van der Waals surface area contributed by atoms with Crippen LogP contribution in [0.3, 0.4) is 0 Å². The highest BCUT2D eigenvalue weighted by molar-refractivity contribution is 5.92. The first-order valence-electron chi connectivity index (χ1n) is 6.02. The van der Waals surface area contributed by atoms with Gasteiger partial charge >= 0.3 is 0 Å². The smallest absolute Gasteiger partial charge is 0.147 e. The third-order valence-electron chi connectivity index (χ3n) is 3.58. The van der Waals surface area contributed by atoms with E-state index in [0.717, 1.165) is 12.4 Å². The average Bonchev–Trinajstić information content (AvgIpc) is 2.33. The van der Waals surface area contributed by atoms with Crippen LogP contribution in [-0.4, -0.2) is 28.4 Å². The molecule has 5 heteroatoms. The lowest BCUT2D eigenvalue weighted by atomic mass is 9.92. The van der Waals surface area contributed by atoms with Crippen LogP contribution in [0.1, 0.15) is 32.4 Å². The number of nitrogens with zero attached hydrogens (tertiary/aromatic N) is 3. The third kappa shape index (κ3) is 2.38. The van der Waals surface area contributed by atoms with Gasteiger partial charge in [0, 0.05) is 12.6 Å². The topological polar surface area (TPSA) is 78.9 Å². The molecule has 1 aromatic rings. The molecule has 0 spiro atoms. The molecule has 0 saturated carbocycles. The fourth-order valence-electron chi connectivity index (χ4n) is 2.27. The van der Waals surface area contributed by atoms with Crippen LogP contribution in [0, 0.1) is 11.3 Å². The van der Waals surface area contributed by atoms with Gasteiger partial charge in [-0.3, -0.25) is 5.41 Å². The highest BCUT2D eigenvalue weighted by Crippen LogP contribution is 2.26. The Morgan fingerprint density at radius 1 is 1.41 bits per heavy atom. The van der Waals surface area contributed by atoms with Crippen LogP contribution in [0.15, 0.2) is 12.4 Å². The third-order valence-corrected chi connectivity index (χ3v) is 3.58. The number of hydrogen-bond donors (Lipinski definition) is 2. The van der Waals surface area contributed by atoms with Crippen molar-refractivity contribution in [3.8, 4) is 0 Å². The van der Waals surface area contributed by atoms with E-state index < -0.39 is 0 Å². The van der Waals surface area contributed by atoms with Crippen LogP contribution >= 0.6 is 0 Å². The minimum atomic E-state index is -0.0379. The highest BCUT2D eigenvalue weighted by Gasteiger charge is 2.25. The summed E-state index contributed by atoms with van der Waals surface area (Å²) in [6, 6.07) is 0.487. The van der Waals surface area contributed by atoms with Gasteiger partial charge in [0.25, 0.3) is 0 Å². The molecule has 2 atom stereocenters. The zero-order valence-corrected chi connectivity index (χ0v) is 10.3. The van der Waals surface area contributed by atoms with E-state index in [1.807, 2.05) is 0 Å². The van der Waals surface area contributed by atoms with Crippen molar-refractivity contribution in [3.63, 3.8) is 0 Å². The van der Waals surface area contributed by atoms with Crippen LogP contribution < -0.4 is 10.6 Å². The summed E-state index contributed by atoms with van der Waals surface area (Å²) >= 11 is 0. The van der Waals surface area contributed by atoms with Crippen molar-refractivity contribution in [2.45, 2.75) is 32.7 Å². The number of amidine groups is 1. The fourth-order valence-corrected chi connectivity index (χ4v) is 2.27. The normalized spacial score (nSPS) is 24.7. The van der Waals surface area contributed by atoms with E-state index in [1.165, 1.54) is 12.8 Å². The first-order chi connectivity index (χ1) is 8.09. The van der Waals surface area contributed by atoms with Gasteiger partial charge in [-0.05, 0) is 25.7 Å². The van der Waals surface area contributed by atoms with Gasteiger partial charge in [0.1, 0.15) is 17.3 Å². The Hall–Kier alpha value is -1.65. The second kappa shape index (κ2) is 4.69. The molecule has 3 N–H and O–H groups in total. The number of rotatable bonds is 2. The van der Waals surface area contributed by atoms with Gasteiger partial charge in [-0.1, -0.05) is 6.92 Å². The van der Waals surface area contributed by atoms with Crippen molar-refractivity contribution in [2.24, 2.45) is 11.7 Å².